The molecule has 7 heteroatoms. The number of ether oxygens (including phenoxy) is 1. The average molecular weight is 415 g/mol. The van der Waals surface area contributed by atoms with Crippen LogP contribution in [0.5, 0.6) is 5.75 Å². The zero-order valence-corrected chi connectivity index (χ0v) is 17.7. The lowest BCUT2D eigenvalue weighted by molar-refractivity contribution is 0.0928. The van der Waals surface area contributed by atoms with E-state index in [4.69, 9.17) is 10.00 Å². The van der Waals surface area contributed by atoms with Gasteiger partial charge in [-0.05, 0) is 55.5 Å². The van der Waals surface area contributed by atoms with E-state index in [0.717, 1.165) is 24.8 Å². The molecule has 0 spiro atoms. The molecular weight excluding hydrogens is 390 g/mol. The van der Waals surface area contributed by atoms with E-state index in [2.05, 4.69) is 36.4 Å². The molecular formula is C24H25N5O2. The van der Waals surface area contributed by atoms with Gasteiger partial charge in [-0.25, -0.2) is 4.98 Å². The van der Waals surface area contributed by atoms with Crippen molar-refractivity contribution in [1.82, 2.24) is 15.2 Å². The van der Waals surface area contributed by atoms with Crippen LogP contribution in [0.1, 0.15) is 49.2 Å². The SMILES string of the molecule is CC(C)COc1cc(C(=O)N[C@@H]2C[C@@H]3CC[C@H]2N3C#N)ccc1-c1cccc(C#N)n1. The number of pyridine rings is 1. The first-order valence-corrected chi connectivity index (χ1v) is 10.6. The lowest BCUT2D eigenvalue weighted by atomic mass is 9.95. The molecule has 2 fully saturated rings. The molecule has 3 atom stereocenters. The van der Waals surface area contributed by atoms with E-state index in [0.29, 0.717) is 35.2 Å². The molecule has 1 amide bonds. The summed E-state index contributed by atoms with van der Waals surface area (Å²) in [4.78, 5) is 19.2. The fourth-order valence-electron chi connectivity index (χ4n) is 4.45. The van der Waals surface area contributed by atoms with Crippen LogP contribution in [0.2, 0.25) is 0 Å². The van der Waals surface area contributed by atoms with Crippen molar-refractivity contribution in [2.24, 2.45) is 5.92 Å². The van der Waals surface area contributed by atoms with Crippen molar-refractivity contribution in [2.75, 3.05) is 6.61 Å². The molecule has 31 heavy (non-hydrogen) atoms. The van der Waals surface area contributed by atoms with Crippen LogP contribution in [0.4, 0.5) is 0 Å². The fourth-order valence-corrected chi connectivity index (χ4v) is 4.45. The Morgan fingerprint density at radius 2 is 2.13 bits per heavy atom. The second-order valence-corrected chi connectivity index (χ2v) is 8.56. The number of benzene rings is 1. The molecule has 2 aliphatic heterocycles. The molecule has 2 saturated heterocycles. The first kappa shape index (κ1) is 20.7. The Morgan fingerprint density at radius 1 is 1.29 bits per heavy atom. The largest absolute Gasteiger partial charge is 0.493 e. The van der Waals surface area contributed by atoms with Crippen LogP contribution >= 0.6 is 0 Å². The van der Waals surface area contributed by atoms with E-state index in [1.165, 1.54) is 0 Å². The third-order valence-electron chi connectivity index (χ3n) is 5.92. The average Bonchev–Trinajstić information content (AvgIpc) is 3.34. The molecule has 0 saturated carbocycles. The molecule has 1 aromatic carbocycles. The van der Waals surface area contributed by atoms with Gasteiger partial charge in [-0.15, -0.1) is 0 Å². The van der Waals surface area contributed by atoms with Gasteiger partial charge < -0.3 is 15.0 Å². The monoisotopic (exact) mass is 415 g/mol. The molecule has 4 rings (SSSR count). The summed E-state index contributed by atoms with van der Waals surface area (Å²) in [6.07, 6.45) is 5.03. The minimum absolute atomic E-state index is 0.0143. The molecule has 1 aromatic heterocycles. The molecule has 0 aliphatic carbocycles. The predicted octanol–water partition coefficient (Wildman–Crippen LogP) is 3.47. The number of amides is 1. The third kappa shape index (κ3) is 4.18. The summed E-state index contributed by atoms with van der Waals surface area (Å²) in [6.45, 7) is 4.61. The molecule has 1 N–H and O–H groups in total. The van der Waals surface area contributed by atoms with Crippen LogP contribution < -0.4 is 10.1 Å². The Labute approximate surface area is 182 Å². The number of nitriles is 2. The highest BCUT2D eigenvalue weighted by molar-refractivity contribution is 5.95. The maximum Gasteiger partial charge on any atom is 0.251 e. The second-order valence-electron chi connectivity index (χ2n) is 8.56. The topological polar surface area (TPSA) is 102 Å². The molecule has 7 nitrogen and oxygen atoms in total. The minimum atomic E-state index is -0.171. The van der Waals surface area contributed by atoms with E-state index >= 15 is 0 Å². The Balaban J connectivity index is 1.58. The van der Waals surface area contributed by atoms with Crippen molar-refractivity contribution in [3.05, 3.63) is 47.7 Å². The molecule has 2 aliphatic rings. The van der Waals surface area contributed by atoms with Crippen molar-refractivity contribution in [1.29, 1.82) is 10.5 Å². The lowest BCUT2D eigenvalue weighted by Crippen LogP contribution is -2.43. The van der Waals surface area contributed by atoms with Gasteiger partial charge in [-0.3, -0.25) is 4.79 Å². The Kier molecular flexibility index (Phi) is 5.77. The van der Waals surface area contributed by atoms with Gasteiger partial charge in [0.1, 0.15) is 17.5 Å². The number of nitrogens with one attached hydrogen (secondary N) is 1. The van der Waals surface area contributed by atoms with Crippen LogP contribution in [0, 0.1) is 28.7 Å². The van der Waals surface area contributed by atoms with Crippen molar-refractivity contribution in [3.63, 3.8) is 0 Å². The maximum atomic E-state index is 13.0. The summed E-state index contributed by atoms with van der Waals surface area (Å²) in [5.41, 5.74) is 2.20. The number of nitrogens with zero attached hydrogens (tertiary/aromatic N) is 4. The van der Waals surface area contributed by atoms with Gasteiger partial charge in [0, 0.05) is 17.2 Å². The highest BCUT2D eigenvalue weighted by atomic mass is 16.5. The standard InChI is InChI=1S/C24H25N5O2/c1-15(2)13-31-23-10-16(6-8-19(23)20-5-3-4-17(12-25)27-20)24(30)28-21-11-18-7-9-22(21)29(18)14-26/h3-6,8,10,15,18,21-22H,7,9,11,13H2,1-2H3,(H,28,30)/t18-,21+,22+/m0/s1. The lowest BCUT2D eigenvalue weighted by Gasteiger charge is -2.22. The van der Waals surface area contributed by atoms with Gasteiger partial charge in [-0.1, -0.05) is 19.9 Å². The van der Waals surface area contributed by atoms with Gasteiger partial charge in [-0.2, -0.15) is 10.5 Å². The Bertz CT molecular complexity index is 1070. The summed E-state index contributed by atoms with van der Waals surface area (Å²) < 4.78 is 6.02. The smallest absolute Gasteiger partial charge is 0.251 e. The number of fused-ring (bicyclic) bond motifs is 2. The number of hydrogen-bond acceptors (Lipinski definition) is 6. The van der Waals surface area contributed by atoms with Crippen LogP contribution in [0.25, 0.3) is 11.3 Å². The van der Waals surface area contributed by atoms with Crippen molar-refractivity contribution < 1.29 is 9.53 Å². The van der Waals surface area contributed by atoms with Gasteiger partial charge in [0.05, 0.1) is 24.4 Å². The fraction of sp³-hybridized carbons (Fsp3) is 0.417. The van der Waals surface area contributed by atoms with Crippen molar-refractivity contribution in [3.8, 4) is 29.3 Å². The molecule has 158 valence electrons. The van der Waals surface area contributed by atoms with Crippen LogP contribution in [-0.4, -0.2) is 40.5 Å². The van der Waals surface area contributed by atoms with Gasteiger partial charge >= 0.3 is 0 Å². The van der Waals surface area contributed by atoms with Gasteiger partial charge in [0.2, 0.25) is 0 Å². The number of carbonyl (C=O) groups is 1. The quantitative estimate of drug-likeness (QED) is 0.725. The van der Waals surface area contributed by atoms with Gasteiger partial charge in [0.25, 0.3) is 5.91 Å². The summed E-state index contributed by atoms with van der Waals surface area (Å²) >= 11 is 0. The normalized spacial score (nSPS) is 21.6. The zero-order valence-electron chi connectivity index (χ0n) is 17.7. The van der Waals surface area contributed by atoms with Crippen molar-refractivity contribution >= 4 is 5.91 Å². The summed E-state index contributed by atoms with van der Waals surface area (Å²) in [6, 6.07) is 12.9. The number of aromatic nitrogens is 1. The zero-order chi connectivity index (χ0) is 22.0. The van der Waals surface area contributed by atoms with Crippen molar-refractivity contribution in [2.45, 2.75) is 51.2 Å². The maximum absolute atomic E-state index is 13.0. The number of hydrogen-bond donors (Lipinski definition) is 1. The third-order valence-corrected chi connectivity index (χ3v) is 5.92. The molecule has 2 aromatic rings. The minimum Gasteiger partial charge on any atom is -0.493 e. The molecule has 0 unspecified atom stereocenters. The van der Waals surface area contributed by atoms with E-state index < -0.39 is 0 Å². The van der Waals surface area contributed by atoms with Crippen LogP contribution in [-0.2, 0) is 0 Å². The van der Waals surface area contributed by atoms with E-state index in [9.17, 15) is 10.1 Å². The second kappa shape index (κ2) is 8.65. The predicted molar refractivity (Wildman–Crippen MR) is 115 cm³/mol. The first-order chi connectivity index (χ1) is 15.0. The van der Waals surface area contributed by atoms with E-state index in [-0.39, 0.29) is 24.0 Å². The Morgan fingerprint density at radius 3 is 2.84 bits per heavy atom. The number of rotatable bonds is 6. The molecule has 2 bridgehead atoms. The molecule has 3 heterocycles. The van der Waals surface area contributed by atoms with Gasteiger partial charge in [0.15, 0.2) is 6.19 Å². The summed E-state index contributed by atoms with van der Waals surface area (Å²) in [5, 5.41) is 21.6. The highest BCUT2D eigenvalue weighted by Gasteiger charge is 2.46. The molecule has 0 radical (unpaired) electrons. The van der Waals surface area contributed by atoms with E-state index in [1.54, 1.807) is 24.3 Å². The summed E-state index contributed by atoms with van der Waals surface area (Å²) in [7, 11) is 0. The van der Waals surface area contributed by atoms with E-state index in [1.807, 2.05) is 17.0 Å². The number of carbonyl (C=O) groups excluding carboxylic acids is 1. The first-order valence-electron chi connectivity index (χ1n) is 10.6. The highest BCUT2D eigenvalue weighted by Crippen LogP contribution is 2.37. The summed E-state index contributed by atoms with van der Waals surface area (Å²) in [5.74, 6) is 0.709. The Hall–Kier alpha value is -3.58. The van der Waals surface area contributed by atoms with Crippen LogP contribution in [0.3, 0.4) is 0 Å². The van der Waals surface area contributed by atoms with Crippen LogP contribution in [0.15, 0.2) is 36.4 Å².